The fourth-order valence-electron chi connectivity index (χ4n) is 0.881. The second kappa shape index (κ2) is 3.67. The fraction of sp³-hybridized carbons (Fsp3) is 0.375. The minimum atomic E-state index is 0.118. The van der Waals surface area contributed by atoms with Gasteiger partial charge in [-0.2, -0.15) is 5.26 Å². The highest BCUT2D eigenvalue weighted by Crippen LogP contribution is 1.97. The van der Waals surface area contributed by atoms with Crippen molar-refractivity contribution >= 4 is 5.78 Å². The Morgan fingerprint density at radius 2 is 2.58 bits per heavy atom. The van der Waals surface area contributed by atoms with E-state index >= 15 is 0 Å². The van der Waals surface area contributed by atoms with Gasteiger partial charge in [0.05, 0.1) is 0 Å². The molecule has 1 rings (SSSR count). The molecule has 1 heterocycles. The topological polar surface area (TPSA) is 58.7 Å². The summed E-state index contributed by atoms with van der Waals surface area (Å²) >= 11 is 0. The molecule has 4 heteroatoms. The van der Waals surface area contributed by atoms with Gasteiger partial charge in [-0.3, -0.25) is 4.79 Å². The van der Waals surface area contributed by atoms with E-state index in [1.807, 2.05) is 6.07 Å². The maximum absolute atomic E-state index is 10.6. The van der Waals surface area contributed by atoms with Crippen molar-refractivity contribution in [3.8, 4) is 6.07 Å². The average Bonchev–Trinajstić information content (AvgIpc) is 2.47. The molecular formula is C8H9N3O. The lowest BCUT2D eigenvalue weighted by Crippen LogP contribution is -2.03. The molecule has 0 N–H and O–H groups in total. The van der Waals surface area contributed by atoms with E-state index in [9.17, 15) is 4.79 Å². The van der Waals surface area contributed by atoms with Crippen molar-refractivity contribution in [3.63, 3.8) is 0 Å². The Morgan fingerprint density at radius 3 is 3.17 bits per heavy atom. The van der Waals surface area contributed by atoms with Gasteiger partial charge in [-0.05, 0) is 6.92 Å². The average molecular weight is 163 g/mol. The van der Waals surface area contributed by atoms with Crippen LogP contribution in [0.15, 0.2) is 12.4 Å². The number of nitriles is 1. The number of imidazole rings is 1. The molecule has 4 nitrogen and oxygen atoms in total. The first kappa shape index (κ1) is 8.47. The summed E-state index contributed by atoms with van der Waals surface area (Å²) in [6.45, 7) is 2.07. The van der Waals surface area contributed by atoms with Crippen LogP contribution >= 0.6 is 0 Å². The predicted octanol–water partition coefficient (Wildman–Crippen LogP) is 0.734. The van der Waals surface area contributed by atoms with E-state index in [0.29, 0.717) is 18.8 Å². The third kappa shape index (κ3) is 1.92. The lowest BCUT2D eigenvalue weighted by molar-refractivity contribution is -0.117. The van der Waals surface area contributed by atoms with Crippen molar-refractivity contribution in [3.05, 3.63) is 18.2 Å². The standard InChI is InChI=1S/C8H9N3O/c1-7(12)2-4-11-5-3-10-8(11)6-9/h3,5H,2,4H2,1H3. The fourth-order valence-corrected chi connectivity index (χ4v) is 0.881. The number of aromatic nitrogens is 2. The number of carbonyl (C=O) groups is 1. The highest BCUT2D eigenvalue weighted by molar-refractivity contribution is 5.75. The number of aryl methyl sites for hydroxylation is 1. The van der Waals surface area contributed by atoms with E-state index < -0.39 is 0 Å². The van der Waals surface area contributed by atoms with Gasteiger partial charge < -0.3 is 4.57 Å². The molecule has 1 aromatic rings. The van der Waals surface area contributed by atoms with E-state index in [1.54, 1.807) is 17.0 Å². The van der Waals surface area contributed by atoms with Crippen LogP contribution in [0.4, 0.5) is 0 Å². The molecule has 0 aliphatic rings. The maximum Gasteiger partial charge on any atom is 0.212 e. The van der Waals surface area contributed by atoms with E-state index in [0.717, 1.165) is 0 Å². The molecule has 0 saturated carbocycles. The van der Waals surface area contributed by atoms with Gasteiger partial charge in [-0.25, -0.2) is 4.98 Å². The second-order valence-corrected chi connectivity index (χ2v) is 2.51. The first-order chi connectivity index (χ1) is 5.74. The normalized spacial score (nSPS) is 9.33. The van der Waals surface area contributed by atoms with Gasteiger partial charge in [0.1, 0.15) is 11.9 Å². The third-order valence-corrected chi connectivity index (χ3v) is 1.52. The highest BCUT2D eigenvalue weighted by Gasteiger charge is 2.01. The molecule has 0 aliphatic carbocycles. The summed E-state index contributed by atoms with van der Waals surface area (Å²) in [5.74, 6) is 0.476. The van der Waals surface area contributed by atoms with Crippen molar-refractivity contribution in [1.29, 1.82) is 5.26 Å². The van der Waals surface area contributed by atoms with Crippen LogP contribution in [0.5, 0.6) is 0 Å². The van der Waals surface area contributed by atoms with Crippen LogP contribution in [0.1, 0.15) is 19.2 Å². The van der Waals surface area contributed by atoms with E-state index in [1.165, 1.54) is 6.92 Å². The maximum atomic E-state index is 10.6. The van der Waals surface area contributed by atoms with Gasteiger partial charge in [0.2, 0.25) is 5.82 Å². The van der Waals surface area contributed by atoms with Crippen LogP contribution < -0.4 is 0 Å². The first-order valence-electron chi connectivity index (χ1n) is 3.64. The van der Waals surface area contributed by atoms with Crippen LogP contribution in [-0.2, 0) is 11.3 Å². The molecule has 1 aromatic heterocycles. The van der Waals surface area contributed by atoms with Gasteiger partial charge in [-0.15, -0.1) is 0 Å². The van der Waals surface area contributed by atoms with Crippen LogP contribution in [0.25, 0.3) is 0 Å². The Balaban J connectivity index is 2.64. The third-order valence-electron chi connectivity index (χ3n) is 1.52. The molecule has 0 fully saturated rings. The molecule has 12 heavy (non-hydrogen) atoms. The van der Waals surface area contributed by atoms with Crippen LogP contribution in [0.3, 0.4) is 0 Å². The van der Waals surface area contributed by atoms with Crippen molar-refractivity contribution in [2.24, 2.45) is 0 Å². The molecule has 0 radical (unpaired) electrons. The molecule has 0 amide bonds. The molecular weight excluding hydrogens is 154 g/mol. The molecule has 0 unspecified atom stereocenters. The van der Waals surface area contributed by atoms with Crippen molar-refractivity contribution in [2.75, 3.05) is 0 Å². The predicted molar refractivity (Wildman–Crippen MR) is 42.2 cm³/mol. The highest BCUT2D eigenvalue weighted by atomic mass is 16.1. The van der Waals surface area contributed by atoms with E-state index in [4.69, 9.17) is 5.26 Å². The SMILES string of the molecule is CC(=O)CCn1ccnc1C#N. The summed E-state index contributed by atoms with van der Waals surface area (Å²) in [6.07, 6.45) is 3.70. The minimum Gasteiger partial charge on any atom is -0.322 e. The molecule has 0 saturated heterocycles. The zero-order valence-corrected chi connectivity index (χ0v) is 6.82. The number of hydrogen-bond acceptors (Lipinski definition) is 3. The Kier molecular flexibility index (Phi) is 2.59. The van der Waals surface area contributed by atoms with Gasteiger partial charge >= 0.3 is 0 Å². The number of Topliss-reactive ketones (excluding diaryl/α,β-unsaturated/α-hetero) is 1. The van der Waals surface area contributed by atoms with Crippen molar-refractivity contribution in [1.82, 2.24) is 9.55 Å². The minimum absolute atomic E-state index is 0.118. The molecule has 0 bridgehead atoms. The monoisotopic (exact) mass is 163 g/mol. The zero-order chi connectivity index (χ0) is 8.97. The molecule has 0 aliphatic heterocycles. The first-order valence-corrected chi connectivity index (χ1v) is 3.64. The Bertz CT molecular complexity index is 321. The van der Waals surface area contributed by atoms with Gasteiger partial charge in [0.25, 0.3) is 0 Å². The quantitative estimate of drug-likeness (QED) is 0.660. The van der Waals surface area contributed by atoms with E-state index in [2.05, 4.69) is 4.98 Å². The number of hydrogen-bond donors (Lipinski definition) is 0. The number of ketones is 1. The Morgan fingerprint density at radius 1 is 1.83 bits per heavy atom. The van der Waals surface area contributed by atoms with Gasteiger partial charge in [0, 0.05) is 25.4 Å². The molecule has 0 aromatic carbocycles. The van der Waals surface area contributed by atoms with Crippen LogP contribution in [-0.4, -0.2) is 15.3 Å². The molecule has 62 valence electrons. The van der Waals surface area contributed by atoms with Gasteiger partial charge in [-0.1, -0.05) is 0 Å². The summed E-state index contributed by atoms with van der Waals surface area (Å²) in [6, 6.07) is 1.94. The van der Waals surface area contributed by atoms with Gasteiger partial charge in [0.15, 0.2) is 0 Å². The number of nitrogens with zero attached hydrogens (tertiary/aromatic N) is 3. The van der Waals surface area contributed by atoms with Crippen LogP contribution in [0, 0.1) is 11.3 Å². The summed E-state index contributed by atoms with van der Waals surface area (Å²) in [5.41, 5.74) is 0. The zero-order valence-electron chi connectivity index (χ0n) is 6.82. The van der Waals surface area contributed by atoms with Crippen LogP contribution in [0.2, 0.25) is 0 Å². The summed E-state index contributed by atoms with van der Waals surface area (Å²) in [5, 5.41) is 8.55. The van der Waals surface area contributed by atoms with Crippen molar-refractivity contribution < 1.29 is 4.79 Å². The smallest absolute Gasteiger partial charge is 0.212 e. The Labute approximate surface area is 70.4 Å². The Hall–Kier alpha value is -1.63. The number of carbonyl (C=O) groups excluding carboxylic acids is 1. The summed E-state index contributed by atoms with van der Waals surface area (Å²) in [7, 11) is 0. The lowest BCUT2D eigenvalue weighted by Gasteiger charge is -1.99. The molecule has 0 spiro atoms. The van der Waals surface area contributed by atoms with E-state index in [-0.39, 0.29) is 5.78 Å². The lowest BCUT2D eigenvalue weighted by atomic mass is 10.3. The summed E-state index contributed by atoms with van der Waals surface area (Å²) < 4.78 is 1.67. The summed E-state index contributed by atoms with van der Waals surface area (Å²) in [4.78, 5) is 14.4. The second-order valence-electron chi connectivity index (χ2n) is 2.51. The number of rotatable bonds is 3. The van der Waals surface area contributed by atoms with Crippen molar-refractivity contribution in [2.45, 2.75) is 19.9 Å². The molecule has 0 atom stereocenters. The largest absolute Gasteiger partial charge is 0.322 e.